The molecule has 94 valence electrons. The van der Waals surface area contributed by atoms with Gasteiger partial charge < -0.3 is 5.32 Å². The lowest BCUT2D eigenvalue weighted by atomic mass is 10.0. The minimum absolute atomic E-state index is 0.196. The van der Waals surface area contributed by atoms with E-state index in [1.54, 1.807) is 12.1 Å². The van der Waals surface area contributed by atoms with Crippen molar-refractivity contribution >= 4 is 0 Å². The molecule has 0 amide bonds. The Labute approximate surface area is 108 Å². The standard InChI is InChI=1S/C16H18FN/c1-12(2)18-11-13-6-8-14(9-7-13)15-4-3-5-16(17)10-15/h3-10,12,18H,11H2,1-2H3. The van der Waals surface area contributed by atoms with Crippen molar-refractivity contribution in [2.75, 3.05) is 0 Å². The summed E-state index contributed by atoms with van der Waals surface area (Å²) in [7, 11) is 0. The summed E-state index contributed by atoms with van der Waals surface area (Å²) in [4.78, 5) is 0. The molecule has 2 aromatic carbocycles. The smallest absolute Gasteiger partial charge is 0.123 e. The molecular formula is C16H18FN. The van der Waals surface area contributed by atoms with Gasteiger partial charge in [-0.2, -0.15) is 0 Å². The van der Waals surface area contributed by atoms with Crippen LogP contribution >= 0.6 is 0 Å². The first-order valence-electron chi connectivity index (χ1n) is 6.23. The van der Waals surface area contributed by atoms with Crippen molar-refractivity contribution < 1.29 is 4.39 Å². The number of hydrogen-bond donors (Lipinski definition) is 1. The molecule has 0 unspecified atom stereocenters. The highest BCUT2D eigenvalue weighted by molar-refractivity contribution is 5.63. The Morgan fingerprint density at radius 3 is 2.33 bits per heavy atom. The van der Waals surface area contributed by atoms with Gasteiger partial charge in [0.05, 0.1) is 0 Å². The molecule has 0 saturated carbocycles. The van der Waals surface area contributed by atoms with E-state index >= 15 is 0 Å². The first kappa shape index (κ1) is 12.8. The van der Waals surface area contributed by atoms with E-state index in [2.05, 4.69) is 31.3 Å². The summed E-state index contributed by atoms with van der Waals surface area (Å²) in [6, 6.07) is 15.4. The fraction of sp³-hybridized carbons (Fsp3) is 0.250. The molecule has 0 atom stereocenters. The lowest BCUT2D eigenvalue weighted by molar-refractivity contribution is 0.589. The minimum Gasteiger partial charge on any atom is -0.310 e. The molecule has 0 aliphatic rings. The number of hydrogen-bond acceptors (Lipinski definition) is 1. The number of halogens is 1. The van der Waals surface area contributed by atoms with Crippen LogP contribution in [-0.2, 0) is 6.54 Å². The Balaban J connectivity index is 2.12. The summed E-state index contributed by atoms with van der Waals surface area (Å²) in [5, 5.41) is 3.37. The Bertz CT molecular complexity index is 503. The molecule has 0 aliphatic heterocycles. The molecule has 0 heterocycles. The quantitative estimate of drug-likeness (QED) is 0.856. The van der Waals surface area contributed by atoms with E-state index in [9.17, 15) is 4.39 Å². The van der Waals surface area contributed by atoms with Gasteiger partial charge in [-0.1, -0.05) is 50.2 Å². The van der Waals surface area contributed by atoms with Gasteiger partial charge in [-0.15, -0.1) is 0 Å². The third kappa shape index (κ3) is 3.41. The zero-order valence-electron chi connectivity index (χ0n) is 10.8. The van der Waals surface area contributed by atoms with Crippen molar-refractivity contribution in [3.05, 3.63) is 59.9 Å². The molecule has 0 spiro atoms. The monoisotopic (exact) mass is 243 g/mol. The number of benzene rings is 2. The minimum atomic E-state index is -0.196. The third-order valence-corrected chi connectivity index (χ3v) is 2.83. The Morgan fingerprint density at radius 2 is 1.72 bits per heavy atom. The molecular weight excluding hydrogens is 225 g/mol. The zero-order valence-corrected chi connectivity index (χ0v) is 10.8. The van der Waals surface area contributed by atoms with Crippen LogP contribution in [0.3, 0.4) is 0 Å². The third-order valence-electron chi connectivity index (χ3n) is 2.83. The van der Waals surface area contributed by atoms with Crippen LogP contribution in [-0.4, -0.2) is 6.04 Å². The van der Waals surface area contributed by atoms with Crippen molar-refractivity contribution in [3.8, 4) is 11.1 Å². The van der Waals surface area contributed by atoms with E-state index in [1.807, 2.05) is 18.2 Å². The highest BCUT2D eigenvalue weighted by Gasteiger charge is 2.00. The second-order valence-electron chi connectivity index (χ2n) is 4.74. The molecule has 2 rings (SSSR count). The molecule has 2 heteroatoms. The van der Waals surface area contributed by atoms with E-state index in [0.29, 0.717) is 6.04 Å². The van der Waals surface area contributed by atoms with Crippen LogP contribution < -0.4 is 5.32 Å². The maximum atomic E-state index is 13.1. The Hall–Kier alpha value is -1.67. The normalized spacial score (nSPS) is 10.9. The van der Waals surface area contributed by atoms with Crippen molar-refractivity contribution in [1.82, 2.24) is 5.32 Å². The summed E-state index contributed by atoms with van der Waals surface area (Å²) in [5.74, 6) is -0.196. The first-order chi connectivity index (χ1) is 8.65. The largest absolute Gasteiger partial charge is 0.310 e. The average molecular weight is 243 g/mol. The predicted molar refractivity (Wildman–Crippen MR) is 73.8 cm³/mol. The van der Waals surface area contributed by atoms with Gasteiger partial charge in [0.2, 0.25) is 0 Å². The van der Waals surface area contributed by atoms with Gasteiger partial charge in [-0.05, 0) is 28.8 Å². The van der Waals surface area contributed by atoms with Crippen LogP contribution in [0.15, 0.2) is 48.5 Å². The van der Waals surface area contributed by atoms with E-state index in [0.717, 1.165) is 17.7 Å². The molecule has 1 N–H and O–H groups in total. The van der Waals surface area contributed by atoms with Gasteiger partial charge in [-0.3, -0.25) is 0 Å². The van der Waals surface area contributed by atoms with Crippen LogP contribution in [0.4, 0.5) is 4.39 Å². The van der Waals surface area contributed by atoms with Gasteiger partial charge in [-0.25, -0.2) is 4.39 Å². The molecule has 1 nitrogen and oxygen atoms in total. The van der Waals surface area contributed by atoms with Crippen molar-refractivity contribution in [2.24, 2.45) is 0 Å². The van der Waals surface area contributed by atoms with Crippen LogP contribution in [0.1, 0.15) is 19.4 Å². The Kier molecular flexibility index (Phi) is 4.11. The lowest BCUT2D eigenvalue weighted by Crippen LogP contribution is -2.21. The molecule has 0 aromatic heterocycles. The molecule has 18 heavy (non-hydrogen) atoms. The zero-order chi connectivity index (χ0) is 13.0. The van der Waals surface area contributed by atoms with Crippen LogP contribution in [0.2, 0.25) is 0 Å². The predicted octanol–water partition coefficient (Wildman–Crippen LogP) is 3.99. The second-order valence-corrected chi connectivity index (χ2v) is 4.74. The molecule has 0 aliphatic carbocycles. The van der Waals surface area contributed by atoms with Crippen LogP contribution in [0.5, 0.6) is 0 Å². The molecule has 0 saturated heterocycles. The summed E-state index contributed by atoms with van der Waals surface area (Å²) < 4.78 is 13.1. The maximum Gasteiger partial charge on any atom is 0.123 e. The fourth-order valence-corrected chi connectivity index (χ4v) is 1.81. The van der Waals surface area contributed by atoms with Crippen molar-refractivity contribution in [2.45, 2.75) is 26.4 Å². The Morgan fingerprint density at radius 1 is 1.00 bits per heavy atom. The molecule has 2 aromatic rings. The van der Waals surface area contributed by atoms with E-state index in [4.69, 9.17) is 0 Å². The SMILES string of the molecule is CC(C)NCc1ccc(-c2cccc(F)c2)cc1. The van der Waals surface area contributed by atoms with E-state index < -0.39 is 0 Å². The van der Waals surface area contributed by atoms with Gasteiger partial charge in [0.25, 0.3) is 0 Å². The summed E-state index contributed by atoms with van der Waals surface area (Å²) in [5.41, 5.74) is 3.20. The van der Waals surface area contributed by atoms with Crippen LogP contribution in [0, 0.1) is 5.82 Å². The number of rotatable bonds is 4. The van der Waals surface area contributed by atoms with E-state index in [1.165, 1.54) is 11.6 Å². The maximum absolute atomic E-state index is 13.1. The molecule has 0 bridgehead atoms. The van der Waals surface area contributed by atoms with Crippen molar-refractivity contribution in [1.29, 1.82) is 0 Å². The molecule has 0 fully saturated rings. The van der Waals surface area contributed by atoms with Gasteiger partial charge >= 0.3 is 0 Å². The average Bonchev–Trinajstić information content (AvgIpc) is 2.37. The van der Waals surface area contributed by atoms with Crippen molar-refractivity contribution in [3.63, 3.8) is 0 Å². The number of nitrogens with one attached hydrogen (secondary N) is 1. The topological polar surface area (TPSA) is 12.0 Å². The van der Waals surface area contributed by atoms with Crippen LogP contribution in [0.25, 0.3) is 11.1 Å². The van der Waals surface area contributed by atoms with Gasteiger partial charge in [0.1, 0.15) is 5.82 Å². The first-order valence-corrected chi connectivity index (χ1v) is 6.23. The summed E-state index contributed by atoms with van der Waals surface area (Å²) >= 11 is 0. The second kappa shape index (κ2) is 5.78. The molecule has 0 radical (unpaired) electrons. The van der Waals surface area contributed by atoms with Gasteiger partial charge in [0.15, 0.2) is 0 Å². The lowest BCUT2D eigenvalue weighted by Gasteiger charge is -2.09. The highest BCUT2D eigenvalue weighted by Crippen LogP contribution is 2.20. The fourth-order valence-electron chi connectivity index (χ4n) is 1.81. The highest BCUT2D eigenvalue weighted by atomic mass is 19.1. The summed E-state index contributed by atoms with van der Waals surface area (Å²) in [6.07, 6.45) is 0. The van der Waals surface area contributed by atoms with Gasteiger partial charge in [0, 0.05) is 12.6 Å². The summed E-state index contributed by atoms with van der Waals surface area (Å²) in [6.45, 7) is 5.11. The van der Waals surface area contributed by atoms with E-state index in [-0.39, 0.29) is 5.82 Å².